The number of hydrogen-bond acceptors (Lipinski definition) is 5. The Hall–Kier alpha value is -3.42. The molecule has 0 saturated carbocycles. The third-order valence-corrected chi connectivity index (χ3v) is 5.16. The number of hydrogen-bond donors (Lipinski definition) is 1. The van der Waals surface area contributed by atoms with Crippen LogP contribution in [0.1, 0.15) is 33.6 Å². The van der Waals surface area contributed by atoms with Crippen LogP contribution in [-0.4, -0.2) is 50.1 Å². The van der Waals surface area contributed by atoms with Gasteiger partial charge in [-0.2, -0.15) is 0 Å². The number of imidazole rings is 1. The zero-order valence-corrected chi connectivity index (χ0v) is 18.0. The summed E-state index contributed by atoms with van der Waals surface area (Å²) in [4.78, 5) is 35.6. The SMILES string of the molecule is CC(C)(C)OC(=O)N1CCCC(C(=O)Nc2ccc(-n3cnc4ccccc43)nc2)C1. The lowest BCUT2D eigenvalue weighted by Gasteiger charge is -2.33. The zero-order chi connectivity index (χ0) is 22.0. The van der Waals surface area contributed by atoms with E-state index in [0.29, 0.717) is 18.8 Å². The van der Waals surface area contributed by atoms with Crippen molar-refractivity contribution < 1.29 is 14.3 Å². The molecule has 2 amide bonds. The molecule has 162 valence electrons. The van der Waals surface area contributed by atoms with Gasteiger partial charge in [-0.25, -0.2) is 14.8 Å². The van der Waals surface area contributed by atoms with Crippen LogP contribution in [0.15, 0.2) is 48.9 Å². The molecule has 1 aliphatic heterocycles. The van der Waals surface area contributed by atoms with E-state index in [9.17, 15) is 9.59 Å². The Morgan fingerprint density at radius 3 is 2.68 bits per heavy atom. The summed E-state index contributed by atoms with van der Waals surface area (Å²) >= 11 is 0. The van der Waals surface area contributed by atoms with Crippen LogP contribution >= 0.6 is 0 Å². The van der Waals surface area contributed by atoms with Crippen LogP contribution in [0.5, 0.6) is 0 Å². The molecule has 1 unspecified atom stereocenters. The summed E-state index contributed by atoms with van der Waals surface area (Å²) in [7, 11) is 0. The van der Waals surface area contributed by atoms with Crippen molar-refractivity contribution >= 4 is 28.7 Å². The molecule has 3 heterocycles. The molecular weight excluding hydrogens is 394 g/mol. The number of fused-ring (bicyclic) bond motifs is 1. The standard InChI is InChI=1S/C23H27N5O3/c1-23(2,3)31-22(30)27-12-6-7-16(14-27)21(29)26-17-10-11-20(24-13-17)28-15-25-18-8-4-5-9-19(18)28/h4-5,8-11,13,15-16H,6-7,12,14H2,1-3H3,(H,26,29). The summed E-state index contributed by atoms with van der Waals surface area (Å²) in [6, 6.07) is 11.5. The van der Waals surface area contributed by atoms with Crippen LogP contribution in [0.25, 0.3) is 16.9 Å². The topological polar surface area (TPSA) is 89.4 Å². The Morgan fingerprint density at radius 1 is 1.13 bits per heavy atom. The van der Waals surface area contributed by atoms with Gasteiger partial charge >= 0.3 is 6.09 Å². The fourth-order valence-corrected chi connectivity index (χ4v) is 3.67. The largest absolute Gasteiger partial charge is 0.444 e. The lowest BCUT2D eigenvalue weighted by molar-refractivity contribution is -0.121. The number of piperidine rings is 1. The van der Waals surface area contributed by atoms with Crippen LogP contribution in [0.3, 0.4) is 0 Å². The van der Waals surface area contributed by atoms with E-state index < -0.39 is 5.60 Å². The molecule has 0 radical (unpaired) electrons. The van der Waals surface area contributed by atoms with Crippen LogP contribution < -0.4 is 5.32 Å². The van der Waals surface area contributed by atoms with Gasteiger partial charge in [0.05, 0.1) is 28.8 Å². The zero-order valence-electron chi connectivity index (χ0n) is 18.0. The highest BCUT2D eigenvalue weighted by Crippen LogP contribution is 2.22. The first-order chi connectivity index (χ1) is 14.8. The minimum absolute atomic E-state index is 0.115. The smallest absolute Gasteiger partial charge is 0.410 e. The van der Waals surface area contributed by atoms with Gasteiger partial charge in [-0.1, -0.05) is 12.1 Å². The molecule has 4 rings (SSSR count). The van der Waals surface area contributed by atoms with Gasteiger partial charge in [-0.05, 0) is 57.9 Å². The molecule has 0 bridgehead atoms. The van der Waals surface area contributed by atoms with Gasteiger partial charge in [0.2, 0.25) is 5.91 Å². The normalized spacial score (nSPS) is 16.9. The number of nitrogens with one attached hydrogen (secondary N) is 1. The van der Waals surface area contributed by atoms with Crippen molar-refractivity contribution in [3.05, 3.63) is 48.9 Å². The molecular formula is C23H27N5O3. The first-order valence-electron chi connectivity index (χ1n) is 10.5. The molecule has 2 aromatic heterocycles. The number of para-hydroxylation sites is 2. The van der Waals surface area contributed by atoms with Gasteiger partial charge in [0.15, 0.2) is 0 Å². The third-order valence-electron chi connectivity index (χ3n) is 5.16. The molecule has 1 saturated heterocycles. The van der Waals surface area contributed by atoms with Gasteiger partial charge in [0.25, 0.3) is 0 Å². The second-order valence-electron chi connectivity index (χ2n) is 8.76. The van der Waals surface area contributed by atoms with Gasteiger partial charge in [-0.3, -0.25) is 9.36 Å². The highest BCUT2D eigenvalue weighted by Gasteiger charge is 2.31. The van der Waals surface area contributed by atoms with Gasteiger partial charge in [-0.15, -0.1) is 0 Å². The summed E-state index contributed by atoms with van der Waals surface area (Å²) in [5.74, 6) is 0.329. The molecule has 31 heavy (non-hydrogen) atoms. The number of pyridine rings is 1. The third kappa shape index (κ3) is 4.84. The number of anilines is 1. The lowest BCUT2D eigenvalue weighted by Crippen LogP contribution is -2.45. The van der Waals surface area contributed by atoms with E-state index in [-0.39, 0.29) is 17.9 Å². The number of rotatable bonds is 3. The molecule has 3 aromatic rings. The van der Waals surface area contributed by atoms with Crippen molar-refractivity contribution in [1.29, 1.82) is 0 Å². The number of amides is 2. The summed E-state index contributed by atoms with van der Waals surface area (Å²) in [6.45, 7) is 6.47. The van der Waals surface area contributed by atoms with Crippen molar-refractivity contribution in [3.63, 3.8) is 0 Å². The summed E-state index contributed by atoms with van der Waals surface area (Å²) in [6.07, 6.45) is 4.50. The Balaban J connectivity index is 1.40. The monoisotopic (exact) mass is 421 g/mol. The van der Waals surface area contributed by atoms with E-state index in [0.717, 1.165) is 29.7 Å². The number of carbonyl (C=O) groups excluding carboxylic acids is 2. The summed E-state index contributed by atoms with van der Waals surface area (Å²) in [5.41, 5.74) is 1.93. The average molecular weight is 422 g/mol. The van der Waals surface area contributed by atoms with Crippen molar-refractivity contribution in [3.8, 4) is 5.82 Å². The second-order valence-corrected chi connectivity index (χ2v) is 8.76. The van der Waals surface area contributed by atoms with Gasteiger partial charge in [0, 0.05) is 13.1 Å². The van der Waals surface area contributed by atoms with E-state index in [1.165, 1.54) is 0 Å². The maximum Gasteiger partial charge on any atom is 0.410 e. The minimum Gasteiger partial charge on any atom is -0.444 e. The van der Waals surface area contributed by atoms with E-state index in [4.69, 9.17) is 4.74 Å². The number of aromatic nitrogens is 3. The van der Waals surface area contributed by atoms with E-state index in [1.807, 2.05) is 61.7 Å². The first kappa shape index (κ1) is 20.8. The minimum atomic E-state index is -0.555. The highest BCUT2D eigenvalue weighted by atomic mass is 16.6. The first-order valence-corrected chi connectivity index (χ1v) is 10.5. The van der Waals surface area contributed by atoms with E-state index in [1.54, 1.807) is 17.4 Å². The van der Waals surface area contributed by atoms with Gasteiger partial charge < -0.3 is 15.0 Å². The van der Waals surface area contributed by atoms with Crippen LogP contribution in [-0.2, 0) is 9.53 Å². The summed E-state index contributed by atoms with van der Waals surface area (Å²) in [5, 5.41) is 2.92. The number of benzene rings is 1. The highest BCUT2D eigenvalue weighted by molar-refractivity contribution is 5.93. The molecule has 0 spiro atoms. The molecule has 1 aromatic carbocycles. The van der Waals surface area contributed by atoms with E-state index >= 15 is 0 Å². The quantitative estimate of drug-likeness (QED) is 0.690. The lowest BCUT2D eigenvalue weighted by atomic mass is 9.97. The predicted molar refractivity (Wildman–Crippen MR) is 118 cm³/mol. The fraction of sp³-hybridized carbons (Fsp3) is 0.391. The molecule has 1 N–H and O–H groups in total. The van der Waals surface area contributed by atoms with E-state index in [2.05, 4.69) is 15.3 Å². The van der Waals surface area contributed by atoms with Crippen LogP contribution in [0.4, 0.5) is 10.5 Å². The number of ether oxygens (including phenoxy) is 1. The van der Waals surface area contributed by atoms with Crippen molar-refractivity contribution in [2.45, 2.75) is 39.2 Å². The van der Waals surface area contributed by atoms with Crippen LogP contribution in [0, 0.1) is 5.92 Å². The fourth-order valence-electron chi connectivity index (χ4n) is 3.67. The van der Waals surface area contributed by atoms with Crippen molar-refractivity contribution in [2.75, 3.05) is 18.4 Å². The maximum atomic E-state index is 12.8. The van der Waals surface area contributed by atoms with Crippen molar-refractivity contribution in [1.82, 2.24) is 19.4 Å². The molecule has 1 atom stereocenters. The number of likely N-dealkylation sites (tertiary alicyclic amines) is 1. The Morgan fingerprint density at radius 2 is 1.94 bits per heavy atom. The molecule has 0 aliphatic carbocycles. The van der Waals surface area contributed by atoms with Crippen LogP contribution in [0.2, 0.25) is 0 Å². The van der Waals surface area contributed by atoms with Gasteiger partial charge in [0.1, 0.15) is 17.7 Å². The Kier molecular flexibility index (Phi) is 5.63. The maximum absolute atomic E-state index is 12.8. The molecule has 8 heteroatoms. The average Bonchev–Trinajstić information content (AvgIpc) is 3.17. The Labute approximate surface area is 181 Å². The number of carbonyl (C=O) groups is 2. The predicted octanol–water partition coefficient (Wildman–Crippen LogP) is 4.01. The summed E-state index contributed by atoms with van der Waals surface area (Å²) < 4.78 is 7.34. The van der Waals surface area contributed by atoms with Crippen molar-refractivity contribution in [2.24, 2.45) is 5.92 Å². The number of nitrogens with zero attached hydrogens (tertiary/aromatic N) is 4. The molecule has 1 aliphatic rings. The molecule has 1 fully saturated rings. The molecule has 8 nitrogen and oxygen atoms in total. The Bertz CT molecular complexity index is 1080. The second kappa shape index (κ2) is 8.37.